The van der Waals surface area contributed by atoms with Gasteiger partial charge in [-0.1, -0.05) is 67.6 Å². The van der Waals surface area contributed by atoms with Gasteiger partial charge in [0.05, 0.1) is 32.1 Å². The zero-order chi connectivity index (χ0) is 55.3. The van der Waals surface area contributed by atoms with Crippen LogP contribution in [-0.4, -0.2) is 122 Å². The third kappa shape index (κ3) is 10.1. The average molecular weight is 1090 g/mol. The van der Waals surface area contributed by atoms with Crippen LogP contribution in [0.3, 0.4) is 0 Å². The second-order valence-corrected chi connectivity index (χ2v) is 22.6. The monoisotopic (exact) mass is 1080 g/mol. The third-order valence-electron chi connectivity index (χ3n) is 16.9. The molecular formula is C61H69FN12O6. The molecular weight excluding hydrogens is 1020 g/mol. The van der Waals surface area contributed by atoms with E-state index in [-0.39, 0.29) is 60.7 Å². The first-order valence-electron chi connectivity index (χ1n) is 28.2. The number of aryl methyl sites for hydroxylation is 1. The Labute approximate surface area is 464 Å². The first-order chi connectivity index (χ1) is 38.8. The van der Waals surface area contributed by atoms with Crippen molar-refractivity contribution >= 4 is 40.4 Å². The number of rotatable bonds is 18. The van der Waals surface area contributed by atoms with Gasteiger partial charge in [-0.2, -0.15) is 9.97 Å². The first kappa shape index (κ1) is 52.9. The predicted molar refractivity (Wildman–Crippen MR) is 303 cm³/mol. The van der Waals surface area contributed by atoms with Gasteiger partial charge >= 0.3 is 6.01 Å². The summed E-state index contributed by atoms with van der Waals surface area (Å²) in [6.45, 7) is 10.7. The Morgan fingerprint density at radius 1 is 1.00 bits per heavy atom. The van der Waals surface area contributed by atoms with Gasteiger partial charge < -0.3 is 55.9 Å². The van der Waals surface area contributed by atoms with Crippen molar-refractivity contribution in [1.82, 2.24) is 45.5 Å². The molecule has 4 aliphatic heterocycles. The van der Waals surface area contributed by atoms with Gasteiger partial charge in [0, 0.05) is 102 Å². The highest BCUT2D eigenvalue weighted by molar-refractivity contribution is 6.05. The van der Waals surface area contributed by atoms with E-state index in [0.29, 0.717) is 90.7 Å². The van der Waals surface area contributed by atoms with E-state index in [4.69, 9.17) is 35.3 Å². The van der Waals surface area contributed by atoms with E-state index in [9.17, 15) is 14.7 Å². The Balaban J connectivity index is 0.822. The van der Waals surface area contributed by atoms with Crippen molar-refractivity contribution in [1.29, 1.82) is 5.41 Å². The molecule has 1 aliphatic carbocycles. The van der Waals surface area contributed by atoms with Gasteiger partial charge in [-0.15, -0.1) is 5.10 Å². The Hall–Kier alpha value is -7.74. The lowest BCUT2D eigenvalue weighted by Gasteiger charge is -2.31. The lowest BCUT2D eigenvalue weighted by atomic mass is 9.87. The van der Waals surface area contributed by atoms with E-state index >= 15 is 4.39 Å². The van der Waals surface area contributed by atoms with Gasteiger partial charge in [-0.3, -0.25) is 9.59 Å². The van der Waals surface area contributed by atoms with E-state index in [1.807, 2.05) is 81.7 Å². The molecule has 3 aromatic heterocycles. The zero-order valence-electron chi connectivity index (χ0n) is 45.7. The van der Waals surface area contributed by atoms with E-state index in [1.165, 1.54) is 12.3 Å². The number of aromatic nitrogens is 6. The highest BCUT2D eigenvalue weighted by Gasteiger charge is 2.42. The number of likely N-dealkylation sites (tertiary alicyclic amines) is 1. The molecule has 0 radical (unpaired) electrons. The second kappa shape index (κ2) is 22.1. The lowest BCUT2D eigenvalue weighted by molar-refractivity contribution is -0.142. The number of fused-ring (bicyclic) bond motifs is 3. The Morgan fingerprint density at radius 2 is 1.77 bits per heavy atom. The molecule has 0 unspecified atom stereocenters. The van der Waals surface area contributed by atoms with Crippen LogP contribution in [0.5, 0.6) is 11.8 Å². The minimum Gasteiger partial charge on any atom is -0.486 e. The van der Waals surface area contributed by atoms with E-state index in [2.05, 4.69) is 36.9 Å². The van der Waals surface area contributed by atoms with Crippen LogP contribution in [0, 0.1) is 31.0 Å². The molecule has 416 valence electrons. The molecule has 2 bridgehead atoms. The van der Waals surface area contributed by atoms with Crippen molar-refractivity contribution in [2.45, 2.75) is 121 Å². The molecule has 18 nitrogen and oxygen atoms in total. The number of nitrogens with zero attached hydrogens (tertiary/aromatic N) is 7. The number of benzene rings is 4. The number of aliphatic hydroxyl groups excluding tert-OH is 1. The SMILES string of the molecule is Cc1c[nH]cc1-c1ccc([C@H](CO)NC(=O)[C@@H]2CCCN2C(=O)[C@H](C(C)C)n2cc(-c3ccc(COc4c(-c5c(C)c(F)cc(N)c5C=N)c(C5CC5)cc5c(N6C[C@@H]7C[C@H]6CN7)nc(OC6CCOCC6)nc45)cc3)nn2)cc1. The van der Waals surface area contributed by atoms with Crippen LogP contribution in [0.1, 0.15) is 110 Å². The summed E-state index contributed by atoms with van der Waals surface area (Å²) in [4.78, 5) is 46.1. The van der Waals surface area contributed by atoms with Crippen molar-refractivity contribution in [3.63, 3.8) is 0 Å². The smallest absolute Gasteiger partial charge is 0.319 e. The van der Waals surface area contributed by atoms with E-state index in [1.54, 1.807) is 22.7 Å². The standard InChI is InChI=1S/C61H69FN12O6/c1-33(2)56(60(77)72-19-5-6-52(72)59(76)67-51(31-75)40-15-13-38(14-16-40)47-28-65-26-34(47)3)74-30-50(70-71-74)39-9-7-36(8-10-39)32-79-57-54(53-35(4)48(62)24-49(64)46(53)25-63)44(37-11-12-37)23-45-55(57)68-61(80-43-17-20-78-21-18-43)69-58(45)73-29-41-22-42(73)27-66-41/h7-10,13-16,23-26,28,30,33,37,41-43,51-52,56,63,65-66,75H,5-6,11-12,17-22,27,29,31-32,64H2,1-4H3,(H,67,76)/t41-,42-,51-,52-,56-/m0/s1. The number of nitrogens with two attached hydrogens (primary N) is 1. The summed E-state index contributed by atoms with van der Waals surface area (Å²) in [7, 11) is 0. The number of hydrogen-bond donors (Lipinski definition) is 6. The third-order valence-corrected chi connectivity index (χ3v) is 16.9. The minimum absolute atomic E-state index is 0.106. The molecule has 2 amide bonds. The number of piperazine rings is 1. The Bertz CT molecular complexity index is 3460. The van der Waals surface area contributed by atoms with Crippen LogP contribution in [0.15, 0.2) is 79.3 Å². The number of amides is 2. The van der Waals surface area contributed by atoms with Crippen LogP contribution in [0.2, 0.25) is 0 Å². The maximum atomic E-state index is 16.0. The summed E-state index contributed by atoms with van der Waals surface area (Å²) < 4.78 is 37.0. The first-order valence-corrected chi connectivity index (χ1v) is 28.2. The largest absolute Gasteiger partial charge is 0.486 e. The van der Waals surface area contributed by atoms with E-state index in [0.717, 1.165) is 82.5 Å². The maximum Gasteiger partial charge on any atom is 0.319 e. The molecule has 4 aromatic carbocycles. The van der Waals surface area contributed by atoms with Crippen LogP contribution in [-0.2, 0) is 20.9 Å². The van der Waals surface area contributed by atoms with Crippen LogP contribution >= 0.6 is 0 Å². The molecule has 5 aliphatic rings. The summed E-state index contributed by atoms with van der Waals surface area (Å²) in [6.07, 6.45) is 12.2. The van der Waals surface area contributed by atoms with Gasteiger partial charge in [-0.05, 0) is 103 Å². The topological polar surface area (TPSA) is 235 Å². The summed E-state index contributed by atoms with van der Waals surface area (Å²) in [5, 5.41) is 35.5. The molecule has 5 atom stereocenters. The highest BCUT2D eigenvalue weighted by Crippen LogP contribution is 2.53. The van der Waals surface area contributed by atoms with Crippen LogP contribution < -0.4 is 30.7 Å². The molecule has 7 aromatic rings. The molecule has 80 heavy (non-hydrogen) atoms. The fraction of sp³-hybridized carbons (Fsp3) is 0.426. The number of halogens is 1. The predicted octanol–water partition coefficient (Wildman–Crippen LogP) is 8.49. The van der Waals surface area contributed by atoms with Gasteiger partial charge in [0.25, 0.3) is 0 Å². The number of aliphatic hydroxyl groups is 1. The number of nitrogens with one attached hydrogen (secondary N) is 4. The van der Waals surface area contributed by atoms with Crippen molar-refractivity contribution < 1.29 is 33.3 Å². The average Bonchev–Trinajstić information content (AvgIpc) is 4.07. The summed E-state index contributed by atoms with van der Waals surface area (Å²) >= 11 is 0. The number of anilines is 2. The molecule has 12 rings (SSSR count). The number of carbonyl (C=O) groups excluding carboxylic acids is 2. The van der Waals surface area contributed by atoms with Crippen LogP contribution in [0.25, 0.3) is 44.4 Å². The summed E-state index contributed by atoms with van der Waals surface area (Å²) in [5.41, 5.74) is 16.3. The summed E-state index contributed by atoms with van der Waals surface area (Å²) in [5.74, 6) is 0.185. The van der Waals surface area contributed by atoms with Gasteiger partial charge in [-0.25, -0.2) is 9.07 Å². The fourth-order valence-electron chi connectivity index (χ4n) is 12.4. The van der Waals surface area contributed by atoms with Gasteiger partial charge in [0.1, 0.15) is 47.6 Å². The Morgan fingerprint density at radius 3 is 2.45 bits per heavy atom. The number of nitrogen functional groups attached to an aromatic ring is 1. The number of carbonyl (C=O) groups is 2. The van der Waals surface area contributed by atoms with Crippen molar-refractivity contribution in [2.24, 2.45) is 5.92 Å². The van der Waals surface area contributed by atoms with E-state index < -0.39 is 23.9 Å². The highest BCUT2D eigenvalue weighted by atomic mass is 19.1. The molecule has 7 N–H and O–H groups in total. The molecule has 5 fully saturated rings. The van der Waals surface area contributed by atoms with Crippen molar-refractivity contribution in [2.75, 3.05) is 50.1 Å². The van der Waals surface area contributed by atoms with Crippen molar-refractivity contribution in [3.05, 3.63) is 118 Å². The maximum absolute atomic E-state index is 16.0. The molecule has 0 spiro atoms. The van der Waals surface area contributed by atoms with Gasteiger partial charge in [0.2, 0.25) is 11.8 Å². The Kier molecular flexibility index (Phi) is 14.6. The number of aromatic amines is 1. The zero-order valence-corrected chi connectivity index (χ0v) is 45.7. The normalized spacial score (nSPS) is 20.0. The lowest BCUT2D eigenvalue weighted by Crippen LogP contribution is -2.50. The summed E-state index contributed by atoms with van der Waals surface area (Å²) in [6, 6.07) is 17.7. The number of H-pyrrole nitrogens is 1. The minimum atomic E-state index is -0.736. The van der Waals surface area contributed by atoms with Crippen LogP contribution in [0.4, 0.5) is 15.9 Å². The fourth-order valence-corrected chi connectivity index (χ4v) is 12.4. The second-order valence-electron chi connectivity index (χ2n) is 22.6. The molecule has 7 heterocycles. The molecule has 4 saturated heterocycles. The number of ether oxygens (including phenoxy) is 3. The van der Waals surface area contributed by atoms with Crippen molar-refractivity contribution in [3.8, 4) is 45.3 Å². The molecule has 19 heteroatoms. The quantitative estimate of drug-likeness (QED) is 0.0350. The van der Waals surface area contributed by atoms with Gasteiger partial charge in [0.15, 0.2) is 5.75 Å². The number of hydrogen-bond acceptors (Lipinski definition) is 14. The molecule has 1 saturated carbocycles.